The van der Waals surface area contributed by atoms with Crippen LogP contribution in [0, 0.1) is 0 Å². The maximum absolute atomic E-state index is 13.0. The summed E-state index contributed by atoms with van der Waals surface area (Å²) in [5.41, 5.74) is 5.30. The van der Waals surface area contributed by atoms with Crippen molar-refractivity contribution in [3.63, 3.8) is 0 Å². The Morgan fingerprint density at radius 3 is 2.24 bits per heavy atom. The number of carbonyl (C=O) groups excluding carboxylic acids is 1. The molecule has 0 heterocycles. The van der Waals surface area contributed by atoms with Crippen molar-refractivity contribution < 1.29 is 13.2 Å². The van der Waals surface area contributed by atoms with Gasteiger partial charge in [0.15, 0.2) is 0 Å². The van der Waals surface area contributed by atoms with Crippen molar-refractivity contribution in [2.45, 2.75) is 19.4 Å². The lowest BCUT2D eigenvalue weighted by molar-refractivity contribution is 0.102. The first-order valence-corrected chi connectivity index (χ1v) is 12.7. The molecule has 0 radical (unpaired) electrons. The first kappa shape index (κ1) is 21.2. The van der Waals surface area contributed by atoms with Crippen LogP contribution in [0.4, 0.5) is 11.4 Å². The molecule has 4 aromatic rings. The molecule has 4 aromatic carbocycles. The fraction of sp³-hybridized carbons (Fsp3) is 0.148. The van der Waals surface area contributed by atoms with E-state index < -0.39 is 10.0 Å². The minimum absolute atomic E-state index is 0.228. The van der Waals surface area contributed by atoms with Gasteiger partial charge in [0.1, 0.15) is 0 Å². The fourth-order valence-corrected chi connectivity index (χ4v) is 5.37. The molecule has 0 aromatic heterocycles. The van der Waals surface area contributed by atoms with Crippen LogP contribution in [0.3, 0.4) is 0 Å². The standard InChI is InChI=1S/C27H24N2O3S/c1-33(31,32)29(18-19-6-3-2-4-7-19)23-15-12-22(13-16-23)27(30)28-25-17-14-21-11-10-20-8-5-9-24(25)26(20)21/h2-9,12-17H,10-11,18H2,1H3,(H,28,30). The van der Waals surface area contributed by atoms with Crippen LogP contribution in [0.5, 0.6) is 0 Å². The molecule has 0 aliphatic heterocycles. The Bertz CT molecular complexity index is 1440. The Labute approximate surface area is 193 Å². The molecule has 166 valence electrons. The van der Waals surface area contributed by atoms with Crippen LogP contribution < -0.4 is 9.62 Å². The lowest BCUT2D eigenvalue weighted by atomic mass is 10.0. The van der Waals surface area contributed by atoms with Gasteiger partial charge in [0, 0.05) is 16.6 Å². The maximum Gasteiger partial charge on any atom is 0.255 e. The topological polar surface area (TPSA) is 66.5 Å². The Morgan fingerprint density at radius 2 is 1.55 bits per heavy atom. The quantitative estimate of drug-likeness (QED) is 0.436. The van der Waals surface area contributed by atoms with Gasteiger partial charge in [0.05, 0.1) is 18.5 Å². The number of nitrogens with zero attached hydrogens (tertiary/aromatic N) is 1. The monoisotopic (exact) mass is 456 g/mol. The normalized spacial score (nSPS) is 12.6. The molecule has 0 spiro atoms. The molecule has 0 fully saturated rings. The largest absolute Gasteiger partial charge is 0.321 e. The van der Waals surface area contributed by atoms with Crippen molar-refractivity contribution >= 4 is 38.1 Å². The van der Waals surface area contributed by atoms with E-state index in [2.05, 4.69) is 17.4 Å². The first-order chi connectivity index (χ1) is 15.9. The summed E-state index contributed by atoms with van der Waals surface area (Å²) < 4.78 is 26.2. The zero-order chi connectivity index (χ0) is 23.0. The van der Waals surface area contributed by atoms with Crippen molar-refractivity contribution in [1.29, 1.82) is 0 Å². The summed E-state index contributed by atoms with van der Waals surface area (Å²) in [5, 5.41) is 5.33. The number of carbonyl (C=O) groups is 1. The van der Waals surface area contributed by atoms with E-state index in [1.54, 1.807) is 24.3 Å². The van der Waals surface area contributed by atoms with E-state index in [9.17, 15) is 13.2 Å². The van der Waals surface area contributed by atoms with Gasteiger partial charge in [-0.25, -0.2) is 8.42 Å². The number of hydrogen-bond donors (Lipinski definition) is 1. The second kappa shape index (κ2) is 8.37. The third-order valence-corrected chi connectivity index (χ3v) is 7.25. The van der Waals surface area contributed by atoms with Gasteiger partial charge in [0.25, 0.3) is 5.91 Å². The summed E-state index contributed by atoms with van der Waals surface area (Å²) in [6, 6.07) is 26.4. The smallest absolute Gasteiger partial charge is 0.255 e. The van der Waals surface area contributed by atoms with Crippen molar-refractivity contribution in [3.8, 4) is 0 Å². The van der Waals surface area contributed by atoms with E-state index in [4.69, 9.17) is 0 Å². The molecular weight excluding hydrogens is 432 g/mol. The molecule has 0 atom stereocenters. The third-order valence-electron chi connectivity index (χ3n) is 6.11. The summed E-state index contributed by atoms with van der Waals surface area (Å²) in [5.74, 6) is -0.228. The predicted octanol–water partition coefficient (Wildman–Crippen LogP) is 5.16. The summed E-state index contributed by atoms with van der Waals surface area (Å²) in [4.78, 5) is 13.0. The number of hydrogen-bond acceptors (Lipinski definition) is 3. The zero-order valence-electron chi connectivity index (χ0n) is 18.3. The third kappa shape index (κ3) is 4.22. The van der Waals surface area contributed by atoms with Gasteiger partial charge in [0.2, 0.25) is 10.0 Å². The molecule has 1 amide bonds. The van der Waals surface area contributed by atoms with Crippen LogP contribution in [0.1, 0.15) is 27.0 Å². The molecule has 1 N–H and O–H groups in total. The first-order valence-electron chi connectivity index (χ1n) is 10.9. The number of sulfonamides is 1. The van der Waals surface area contributed by atoms with Gasteiger partial charge in [-0.15, -0.1) is 0 Å². The van der Waals surface area contributed by atoms with Crippen LogP contribution in [0.25, 0.3) is 10.8 Å². The molecule has 0 saturated carbocycles. The summed E-state index contributed by atoms with van der Waals surface area (Å²) in [6.45, 7) is 0.228. The molecule has 5 rings (SSSR count). The lowest BCUT2D eigenvalue weighted by Gasteiger charge is -2.22. The van der Waals surface area contributed by atoms with Gasteiger partial charge in [-0.3, -0.25) is 9.10 Å². The number of nitrogens with one attached hydrogen (secondary N) is 1. The number of benzene rings is 4. The Morgan fingerprint density at radius 1 is 0.848 bits per heavy atom. The van der Waals surface area contributed by atoms with Crippen molar-refractivity contribution in [3.05, 3.63) is 107 Å². The molecule has 33 heavy (non-hydrogen) atoms. The Kier molecular flexibility index (Phi) is 5.38. The fourth-order valence-electron chi connectivity index (χ4n) is 4.48. The van der Waals surface area contributed by atoms with E-state index in [0.29, 0.717) is 11.3 Å². The second-order valence-electron chi connectivity index (χ2n) is 8.37. The molecular formula is C27H24N2O3S. The SMILES string of the molecule is CS(=O)(=O)N(Cc1ccccc1)c1ccc(C(=O)Nc2ccc3c4c(cccc24)CC3)cc1. The van der Waals surface area contributed by atoms with E-state index >= 15 is 0 Å². The average molecular weight is 457 g/mol. The van der Waals surface area contributed by atoms with E-state index in [0.717, 1.165) is 29.5 Å². The highest BCUT2D eigenvalue weighted by atomic mass is 32.2. The minimum Gasteiger partial charge on any atom is -0.321 e. The zero-order valence-corrected chi connectivity index (χ0v) is 19.1. The summed E-state index contributed by atoms with van der Waals surface area (Å²) in [7, 11) is -3.49. The number of anilines is 2. The minimum atomic E-state index is -3.49. The summed E-state index contributed by atoms with van der Waals surface area (Å²) in [6.07, 6.45) is 3.25. The molecule has 6 heteroatoms. The molecule has 0 saturated heterocycles. The Hall–Kier alpha value is -3.64. The van der Waals surface area contributed by atoms with Crippen LogP contribution in [-0.4, -0.2) is 20.6 Å². The predicted molar refractivity (Wildman–Crippen MR) is 133 cm³/mol. The van der Waals surface area contributed by atoms with E-state index in [1.165, 1.54) is 27.1 Å². The van der Waals surface area contributed by atoms with E-state index in [1.807, 2.05) is 48.5 Å². The second-order valence-corrected chi connectivity index (χ2v) is 10.3. The van der Waals surface area contributed by atoms with Gasteiger partial charge in [-0.1, -0.05) is 54.6 Å². The summed E-state index contributed by atoms with van der Waals surface area (Å²) >= 11 is 0. The maximum atomic E-state index is 13.0. The van der Waals surface area contributed by atoms with Gasteiger partial charge < -0.3 is 5.32 Å². The highest BCUT2D eigenvalue weighted by molar-refractivity contribution is 7.92. The van der Waals surface area contributed by atoms with Crippen molar-refractivity contribution in [2.24, 2.45) is 0 Å². The number of amides is 1. The van der Waals surface area contributed by atoms with Crippen molar-refractivity contribution in [2.75, 3.05) is 15.9 Å². The van der Waals surface area contributed by atoms with Crippen LogP contribution in [0.2, 0.25) is 0 Å². The molecule has 0 bridgehead atoms. The molecule has 5 nitrogen and oxygen atoms in total. The van der Waals surface area contributed by atoms with Gasteiger partial charge in [-0.2, -0.15) is 0 Å². The lowest BCUT2D eigenvalue weighted by Crippen LogP contribution is -2.29. The number of aryl methyl sites for hydroxylation is 2. The number of rotatable bonds is 6. The van der Waals surface area contributed by atoms with Gasteiger partial charge in [-0.05, 0) is 65.3 Å². The molecule has 0 unspecified atom stereocenters. The van der Waals surface area contributed by atoms with Crippen molar-refractivity contribution in [1.82, 2.24) is 0 Å². The van der Waals surface area contributed by atoms with Crippen LogP contribution in [-0.2, 0) is 29.4 Å². The van der Waals surface area contributed by atoms with Gasteiger partial charge >= 0.3 is 0 Å². The van der Waals surface area contributed by atoms with Crippen LogP contribution in [0.15, 0.2) is 84.9 Å². The van der Waals surface area contributed by atoms with E-state index in [-0.39, 0.29) is 12.5 Å². The highest BCUT2D eigenvalue weighted by Crippen LogP contribution is 2.35. The average Bonchev–Trinajstić information content (AvgIpc) is 3.24. The molecule has 1 aliphatic rings. The highest BCUT2D eigenvalue weighted by Gasteiger charge is 2.20. The molecule has 1 aliphatic carbocycles. The Balaban J connectivity index is 1.39. The van der Waals surface area contributed by atoms with Crippen LogP contribution >= 0.6 is 0 Å².